The third-order valence-corrected chi connectivity index (χ3v) is 4.51. The zero-order valence-electron chi connectivity index (χ0n) is 14.6. The van der Waals surface area contributed by atoms with E-state index in [0.29, 0.717) is 0 Å². The van der Waals surface area contributed by atoms with Gasteiger partial charge in [-0.05, 0) is 42.5 Å². The molecule has 4 rings (SSSR count). The van der Waals surface area contributed by atoms with E-state index in [2.05, 4.69) is 10.3 Å². The molecule has 0 saturated carbocycles. The van der Waals surface area contributed by atoms with Crippen molar-refractivity contribution in [1.29, 1.82) is 0 Å². The maximum absolute atomic E-state index is 14.2. The second-order valence-electron chi connectivity index (χ2n) is 6.38. The molecule has 1 aromatic heterocycles. The van der Waals surface area contributed by atoms with E-state index in [4.69, 9.17) is 0 Å². The summed E-state index contributed by atoms with van der Waals surface area (Å²) in [5.41, 5.74) is -1.38. The second-order valence-corrected chi connectivity index (χ2v) is 6.38. The Hall–Kier alpha value is -3.68. The molecule has 0 aliphatic carbocycles. The van der Waals surface area contributed by atoms with Gasteiger partial charge in [0.25, 0.3) is 5.91 Å². The van der Waals surface area contributed by atoms with Crippen molar-refractivity contribution in [3.63, 3.8) is 0 Å². The van der Waals surface area contributed by atoms with Crippen molar-refractivity contribution >= 4 is 33.4 Å². The Balaban J connectivity index is 1.82. The van der Waals surface area contributed by atoms with Crippen molar-refractivity contribution in [1.82, 2.24) is 4.98 Å². The van der Waals surface area contributed by atoms with E-state index < -0.39 is 28.9 Å². The molecular weight excluding hydrogens is 388 g/mol. The van der Waals surface area contributed by atoms with Gasteiger partial charge < -0.3 is 10.3 Å². The van der Waals surface area contributed by atoms with Gasteiger partial charge in [0, 0.05) is 16.5 Å². The number of carbonyl (C=O) groups is 1. The topological polar surface area (TPSA) is 62.0 Å². The highest BCUT2D eigenvalue weighted by Crippen LogP contribution is 2.31. The molecule has 1 amide bonds. The van der Waals surface area contributed by atoms with Crippen molar-refractivity contribution < 1.29 is 22.4 Å². The SMILES string of the molecule is O=C(Nc1cccc(C(F)(F)F)c1)c1cccc2c(=O)c3cccc(F)c3[nH]c12. The first-order valence-corrected chi connectivity index (χ1v) is 8.47. The number of carbonyl (C=O) groups excluding carboxylic acids is 1. The number of rotatable bonds is 2. The highest BCUT2D eigenvalue weighted by Gasteiger charge is 2.30. The predicted octanol–water partition coefficient (Wildman–Crippen LogP) is 5.09. The Morgan fingerprint density at radius 2 is 1.55 bits per heavy atom. The summed E-state index contributed by atoms with van der Waals surface area (Å²) >= 11 is 0. The second kappa shape index (κ2) is 6.73. The average molecular weight is 400 g/mol. The molecule has 1 heterocycles. The highest BCUT2D eigenvalue weighted by atomic mass is 19.4. The van der Waals surface area contributed by atoms with Gasteiger partial charge in [-0.25, -0.2) is 4.39 Å². The summed E-state index contributed by atoms with van der Waals surface area (Å²) in [5, 5.41) is 2.69. The van der Waals surface area contributed by atoms with Crippen LogP contribution in [0.5, 0.6) is 0 Å². The van der Waals surface area contributed by atoms with Crippen LogP contribution in [0.3, 0.4) is 0 Å². The van der Waals surface area contributed by atoms with E-state index in [-0.39, 0.29) is 33.1 Å². The molecule has 146 valence electrons. The monoisotopic (exact) mass is 400 g/mol. The standard InChI is InChI=1S/C21H12F4N2O2/c22-16-9-3-7-14-18(16)27-17-13(19(14)28)6-2-8-15(17)20(29)26-12-5-1-4-11(10-12)21(23,24)25/h1-10H,(H,26,29)(H,27,28). The summed E-state index contributed by atoms with van der Waals surface area (Å²) in [6.45, 7) is 0. The number of benzene rings is 3. The molecule has 0 radical (unpaired) electrons. The molecular formula is C21H12F4N2O2. The summed E-state index contributed by atoms with van der Waals surface area (Å²) in [6, 6.07) is 12.6. The van der Waals surface area contributed by atoms with Crippen LogP contribution in [0.15, 0.2) is 65.5 Å². The van der Waals surface area contributed by atoms with Crippen LogP contribution in [0.1, 0.15) is 15.9 Å². The third-order valence-electron chi connectivity index (χ3n) is 4.51. The normalized spacial score (nSPS) is 11.7. The molecule has 29 heavy (non-hydrogen) atoms. The smallest absolute Gasteiger partial charge is 0.351 e. The lowest BCUT2D eigenvalue weighted by Gasteiger charge is -2.11. The van der Waals surface area contributed by atoms with Crippen LogP contribution in [0.25, 0.3) is 21.8 Å². The van der Waals surface area contributed by atoms with Gasteiger partial charge in [-0.15, -0.1) is 0 Å². The lowest BCUT2D eigenvalue weighted by Crippen LogP contribution is -2.15. The van der Waals surface area contributed by atoms with Crippen LogP contribution in [-0.2, 0) is 6.18 Å². The summed E-state index contributed by atoms with van der Waals surface area (Å²) in [7, 11) is 0. The molecule has 4 aromatic rings. The maximum atomic E-state index is 14.2. The van der Waals surface area contributed by atoms with Gasteiger partial charge >= 0.3 is 6.18 Å². The van der Waals surface area contributed by atoms with Gasteiger partial charge in [-0.1, -0.05) is 18.2 Å². The van der Waals surface area contributed by atoms with E-state index >= 15 is 0 Å². The minimum Gasteiger partial charge on any atom is -0.351 e. The van der Waals surface area contributed by atoms with Crippen LogP contribution in [-0.4, -0.2) is 10.9 Å². The Morgan fingerprint density at radius 1 is 0.897 bits per heavy atom. The fourth-order valence-electron chi connectivity index (χ4n) is 3.15. The lowest BCUT2D eigenvalue weighted by atomic mass is 10.1. The molecule has 0 fully saturated rings. The molecule has 3 aromatic carbocycles. The number of nitrogens with one attached hydrogen (secondary N) is 2. The Kier molecular flexibility index (Phi) is 4.34. The zero-order valence-corrected chi connectivity index (χ0v) is 14.6. The van der Waals surface area contributed by atoms with Crippen LogP contribution >= 0.6 is 0 Å². The molecule has 2 N–H and O–H groups in total. The number of H-pyrrole nitrogens is 1. The number of aromatic amines is 1. The van der Waals surface area contributed by atoms with Gasteiger partial charge in [0.05, 0.1) is 22.2 Å². The van der Waals surface area contributed by atoms with Crippen molar-refractivity contribution in [2.24, 2.45) is 0 Å². The number of pyridine rings is 1. The zero-order chi connectivity index (χ0) is 20.8. The van der Waals surface area contributed by atoms with Gasteiger partial charge in [0.15, 0.2) is 5.43 Å². The third kappa shape index (κ3) is 3.33. The fourth-order valence-corrected chi connectivity index (χ4v) is 3.15. The molecule has 0 bridgehead atoms. The number of amides is 1. The van der Waals surface area contributed by atoms with E-state index in [1.54, 1.807) is 0 Å². The largest absolute Gasteiger partial charge is 0.416 e. The van der Waals surface area contributed by atoms with Gasteiger partial charge in [-0.3, -0.25) is 9.59 Å². The summed E-state index contributed by atoms with van der Waals surface area (Å²) in [5.74, 6) is -1.39. The number of fused-ring (bicyclic) bond motifs is 2. The van der Waals surface area contributed by atoms with Gasteiger partial charge in [0.1, 0.15) is 5.82 Å². The van der Waals surface area contributed by atoms with E-state index in [1.807, 2.05) is 0 Å². The highest BCUT2D eigenvalue weighted by molar-refractivity contribution is 6.13. The van der Waals surface area contributed by atoms with E-state index in [1.165, 1.54) is 48.5 Å². The average Bonchev–Trinajstić information content (AvgIpc) is 2.68. The molecule has 0 saturated heterocycles. The summed E-state index contributed by atoms with van der Waals surface area (Å²) in [4.78, 5) is 28.2. The number of aromatic nitrogens is 1. The van der Waals surface area contributed by atoms with Gasteiger partial charge in [-0.2, -0.15) is 13.2 Å². The Morgan fingerprint density at radius 3 is 2.28 bits per heavy atom. The molecule has 0 atom stereocenters. The Labute approximate surface area is 160 Å². The van der Waals surface area contributed by atoms with Gasteiger partial charge in [0.2, 0.25) is 0 Å². The first kappa shape index (κ1) is 18.7. The fraction of sp³-hybridized carbons (Fsp3) is 0.0476. The van der Waals surface area contributed by atoms with Crippen molar-refractivity contribution in [2.45, 2.75) is 6.18 Å². The lowest BCUT2D eigenvalue weighted by molar-refractivity contribution is -0.137. The summed E-state index contributed by atoms with van der Waals surface area (Å²) in [6.07, 6.45) is -4.55. The molecule has 8 heteroatoms. The number of halogens is 4. The molecule has 0 aliphatic rings. The Bertz CT molecular complexity index is 1330. The minimum atomic E-state index is -4.55. The summed E-state index contributed by atoms with van der Waals surface area (Å²) < 4.78 is 52.8. The van der Waals surface area contributed by atoms with Crippen molar-refractivity contribution in [2.75, 3.05) is 5.32 Å². The van der Waals surface area contributed by atoms with E-state index in [9.17, 15) is 27.2 Å². The predicted molar refractivity (Wildman–Crippen MR) is 101 cm³/mol. The maximum Gasteiger partial charge on any atom is 0.416 e. The molecule has 0 spiro atoms. The van der Waals surface area contributed by atoms with Crippen molar-refractivity contribution in [3.05, 3.63) is 87.8 Å². The van der Waals surface area contributed by atoms with Crippen LogP contribution < -0.4 is 10.7 Å². The minimum absolute atomic E-state index is 0.00200. The molecule has 4 nitrogen and oxygen atoms in total. The molecule has 0 unspecified atom stereocenters. The molecule has 0 aliphatic heterocycles. The van der Waals surface area contributed by atoms with Crippen molar-refractivity contribution in [3.8, 4) is 0 Å². The van der Waals surface area contributed by atoms with Crippen LogP contribution in [0.2, 0.25) is 0 Å². The van der Waals surface area contributed by atoms with E-state index in [0.717, 1.165) is 12.1 Å². The number of alkyl halides is 3. The van der Waals surface area contributed by atoms with Crippen LogP contribution in [0, 0.1) is 5.82 Å². The quantitative estimate of drug-likeness (QED) is 0.364. The number of anilines is 1. The first-order chi connectivity index (χ1) is 13.8. The van der Waals surface area contributed by atoms with Crippen LogP contribution in [0.4, 0.5) is 23.2 Å². The number of hydrogen-bond donors (Lipinski definition) is 2. The number of hydrogen-bond acceptors (Lipinski definition) is 2. The number of para-hydroxylation sites is 2. The first-order valence-electron chi connectivity index (χ1n) is 8.47.